The van der Waals surface area contributed by atoms with Gasteiger partial charge < -0.3 is 14.7 Å². The third kappa shape index (κ3) is 7.17. The number of rotatable bonds is 10. The van der Waals surface area contributed by atoms with Crippen molar-refractivity contribution in [3.63, 3.8) is 0 Å². The normalized spacial score (nSPS) is 13.5. The highest BCUT2D eigenvalue weighted by Gasteiger charge is 2.23. The number of amides is 1. The lowest BCUT2D eigenvalue weighted by molar-refractivity contribution is -0.120. The highest BCUT2D eigenvalue weighted by Crippen LogP contribution is 2.39. The third-order valence-electron chi connectivity index (χ3n) is 9.65. The minimum absolute atomic E-state index is 0.0526. The number of para-hydroxylation sites is 1. The van der Waals surface area contributed by atoms with Crippen molar-refractivity contribution in [3.8, 4) is 22.9 Å². The van der Waals surface area contributed by atoms with E-state index in [1.54, 1.807) is 30.5 Å². The molecule has 8 rings (SSSR count). The van der Waals surface area contributed by atoms with E-state index in [4.69, 9.17) is 9.72 Å². The van der Waals surface area contributed by atoms with E-state index < -0.39 is 5.91 Å². The molecule has 11 heteroatoms. The standard InChI is InChI=1S/C43H37N7O4/c1-29-13-17-33(18-14-29)49-24-22-48(23-25-49)28-50-37-12-6-5-11-35(37)40(43(50)53)47-46-38(51)27-54-34-19-15-31(16-20-34)41(52)36-26-32-10-7-21-44-42(32)45-39(36)30-8-3-2-4-9-30/h2-21,26,53H,22-25,27-28H2,1H3. The highest BCUT2D eigenvalue weighted by molar-refractivity contribution is 6.13. The molecule has 1 fully saturated rings. The van der Waals surface area contributed by atoms with Gasteiger partial charge in [-0.15, -0.1) is 10.2 Å². The molecule has 0 spiro atoms. The Morgan fingerprint density at radius 2 is 1.57 bits per heavy atom. The Labute approximate surface area is 311 Å². The SMILES string of the molecule is Cc1ccc(N2CCN(Cn3c(O)c(N=NC(=O)COc4ccc(C(=O)c5cc6cccnc6nc5-c5ccccc5)cc4)c4ccccc43)CC2)cc1. The number of fused-ring (bicyclic) bond motifs is 2. The fourth-order valence-electron chi connectivity index (χ4n) is 6.75. The number of benzene rings is 4. The Balaban J connectivity index is 0.922. The largest absolute Gasteiger partial charge is 0.493 e. The van der Waals surface area contributed by atoms with E-state index in [-0.39, 0.29) is 24.0 Å². The zero-order valence-corrected chi connectivity index (χ0v) is 29.7. The molecule has 4 aromatic carbocycles. The van der Waals surface area contributed by atoms with Gasteiger partial charge in [0.15, 0.2) is 23.7 Å². The first kappa shape index (κ1) is 34.4. The lowest BCUT2D eigenvalue weighted by Crippen LogP contribution is -2.46. The number of hydrogen-bond acceptors (Lipinski definition) is 9. The lowest BCUT2D eigenvalue weighted by atomic mass is 9.97. The number of anilines is 1. The first-order valence-corrected chi connectivity index (χ1v) is 17.8. The summed E-state index contributed by atoms with van der Waals surface area (Å²) in [5.41, 5.74) is 6.30. The third-order valence-corrected chi connectivity index (χ3v) is 9.65. The summed E-state index contributed by atoms with van der Waals surface area (Å²) in [6.07, 6.45) is 1.68. The molecule has 0 aliphatic carbocycles. The molecule has 0 atom stereocenters. The quantitative estimate of drug-likeness (QED) is 0.112. The fraction of sp³-hybridized carbons (Fsp3) is 0.163. The zero-order valence-electron chi connectivity index (χ0n) is 29.7. The second kappa shape index (κ2) is 15.1. The smallest absolute Gasteiger partial charge is 0.302 e. The number of carbonyl (C=O) groups excluding carboxylic acids is 2. The minimum Gasteiger partial charge on any atom is -0.493 e. The number of carbonyl (C=O) groups is 2. The van der Waals surface area contributed by atoms with Gasteiger partial charge >= 0.3 is 5.91 Å². The van der Waals surface area contributed by atoms with Gasteiger partial charge in [0.2, 0.25) is 5.88 Å². The Kier molecular flexibility index (Phi) is 9.61. The van der Waals surface area contributed by atoms with Crippen LogP contribution in [0.4, 0.5) is 11.4 Å². The van der Waals surface area contributed by atoms with E-state index in [1.165, 1.54) is 11.3 Å². The predicted molar refractivity (Wildman–Crippen MR) is 208 cm³/mol. The Hall–Kier alpha value is -6.72. The van der Waals surface area contributed by atoms with Crippen LogP contribution in [0.2, 0.25) is 0 Å². The van der Waals surface area contributed by atoms with Crippen LogP contribution in [0.25, 0.3) is 33.2 Å². The number of pyridine rings is 2. The molecular weight excluding hydrogens is 679 g/mol. The molecule has 4 heterocycles. The summed E-state index contributed by atoms with van der Waals surface area (Å²) in [4.78, 5) is 40.3. The first-order valence-electron chi connectivity index (χ1n) is 17.8. The molecular formula is C43H37N7O4. The van der Waals surface area contributed by atoms with Gasteiger partial charge in [0.05, 0.1) is 17.9 Å². The molecule has 11 nitrogen and oxygen atoms in total. The lowest BCUT2D eigenvalue weighted by Gasteiger charge is -2.36. The average Bonchev–Trinajstić information content (AvgIpc) is 3.48. The van der Waals surface area contributed by atoms with Crippen molar-refractivity contribution in [3.05, 3.63) is 144 Å². The number of nitrogens with zero attached hydrogens (tertiary/aromatic N) is 7. The summed E-state index contributed by atoms with van der Waals surface area (Å²) in [6.45, 7) is 5.59. The van der Waals surface area contributed by atoms with Crippen molar-refractivity contribution in [2.24, 2.45) is 10.2 Å². The monoisotopic (exact) mass is 715 g/mol. The van der Waals surface area contributed by atoms with Gasteiger partial charge in [-0.2, -0.15) is 0 Å². The van der Waals surface area contributed by atoms with Crippen LogP contribution >= 0.6 is 0 Å². The minimum atomic E-state index is -0.623. The number of aryl methyl sites for hydroxylation is 1. The van der Waals surface area contributed by atoms with E-state index in [0.717, 1.165) is 42.6 Å². The highest BCUT2D eigenvalue weighted by atomic mass is 16.5. The molecule has 54 heavy (non-hydrogen) atoms. The van der Waals surface area contributed by atoms with Gasteiger partial charge in [0.25, 0.3) is 0 Å². The molecule has 1 aliphatic rings. The van der Waals surface area contributed by atoms with Crippen LogP contribution in [0.5, 0.6) is 11.6 Å². The Morgan fingerprint density at radius 1 is 0.833 bits per heavy atom. The molecule has 1 saturated heterocycles. The molecule has 0 saturated carbocycles. The van der Waals surface area contributed by atoms with E-state index in [0.29, 0.717) is 40.3 Å². The predicted octanol–water partition coefficient (Wildman–Crippen LogP) is 7.97. The van der Waals surface area contributed by atoms with Crippen LogP contribution in [-0.4, -0.2) is 69.0 Å². The number of aromatic hydroxyl groups is 1. The van der Waals surface area contributed by atoms with Crippen LogP contribution in [-0.2, 0) is 11.5 Å². The first-order chi connectivity index (χ1) is 26.4. The maximum atomic E-state index is 13.8. The number of hydrogen-bond donors (Lipinski definition) is 1. The summed E-state index contributed by atoms with van der Waals surface area (Å²) in [6, 6.07) is 37.7. The summed E-state index contributed by atoms with van der Waals surface area (Å²) >= 11 is 0. The van der Waals surface area contributed by atoms with Gasteiger partial charge in [-0.25, -0.2) is 9.97 Å². The molecule has 1 N–H and O–H groups in total. The van der Waals surface area contributed by atoms with Crippen molar-refractivity contribution in [2.45, 2.75) is 13.6 Å². The van der Waals surface area contributed by atoms with Crippen LogP contribution in [0.1, 0.15) is 21.5 Å². The molecule has 268 valence electrons. The Morgan fingerprint density at radius 3 is 2.35 bits per heavy atom. The van der Waals surface area contributed by atoms with Gasteiger partial charge in [-0.3, -0.25) is 19.1 Å². The number of aromatic nitrogens is 3. The van der Waals surface area contributed by atoms with Crippen molar-refractivity contribution in [1.82, 2.24) is 19.4 Å². The molecule has 0 radical (unpaired) electrons. The number of azo groups is 1. The number of ketones is 1. The number of piperazine rings is 1. The van der Waals surface area contributed by atoms with Crippen LogP contribution in [0, 0.1) is 6.92 Å². The molecule has 1 amide bonds. The molecule has 0 unspecified atom stereocenters. The van der Waals surface area contributed by atoms with E-state index in [9.17, 15) is 14.7 Å². The molecule has 7 aromatic rings. The Bertz CT molecular complexity index is 2490. The van der Waals surface area contributed by atoms with Gasteiger partial charge in [0, 0.05) is 65.5 Å². The second-order valence-corrected chi connectivity index (χ2v) is 13.2. The zero-order chi connectivity index (χ0) is 37.0. The van der Waals surface area contributed by atoms with Crippen LogP contribution in [0.15, 0.2) is 138 Å². The van der Waals surface area contributed by atoms with Crippen LogP contribution < -0.4 is 9.64 Å². The average molecular weight is 716 g/mol. The second-order valence-electron chi connectivity index (χ2n) is 13.2. The molecule has 0 bridgehead atoms. The van der Waals surface area contributed by atoms with Gasteiger partial charge in [-0.05, 0) is 67.6 Å². The summed E-state index contributed by atoms with van der Waals surface area (Å²) in [5.74, 6) is -0.488. The topological polar surface area (TPSA) is 126 Å². The van der Waals surface area contributed by atoms with Crippen molar-refractivity contribution in [1.29, 1.82) is 0 Å². The maximum Gasteiger partial charge on any atom is 0.302 e. The molecule has 3 aromatic heterocycles. The van der Waals surface area contributed by atoms with Crippen LogP contribution in [0.3, 0.4) is 0 Å². The van der Waals surface area contributed by atoms with E-state index in [2.05, 4.69) is 56.2 Å². The van der Waals surface area contributed by atoms with E-state index >= 15 is 0 Å². The van der Waals surface area contributed by atoms with Crippen molar-refractivity contribution in [2.75, 3.05) is 37.7 Å². The summed E-state index contributed by atoms with van der Waals surface area (Å²) in [5, 5.41) is 20.8. The maximum absolute atomic E-state index is 13.8. The number of ether oxygens (including phenoxy) is 1. The van der Waals surface area contributed by atoms with E-state index in [1.807, 2.05) is 77.4 Å². The summed E-state index contributed by atoms with van der Waals surface area (Å²) < 4.78 is 7.51. The van der Waals surface area contributed by atoms with Gasteiger partial charge in [-0.1, -0.05) is 66.2 Å². The fourth-order valence-corrected chi connectivity index (χ4v) is 6.75. The van der Waals surface area contributed by atoms with Crippen molar-refractivity contribution < 1.29 is 19.4 Å². The van der Waals surface area contributed by atoms with Crippen molar-refractivity contribution >= 4 is 45.0 Å². The van der Waals surface area contributed by atoms with Gasteiger partial charge in [0.1, 0.15) is 5.75 Å². The summed E-state index contributed by atoms with van der Waals surface area (Å²) in [7, 11) is 0. The molecule has 1 aliphatic heterocycles.